The molecule has 0 bridgehead atoms. The predicted molar refractivity (Wildman–Crippen MR) is 73.1 cm³/mol. The minimum Gasteiger partial charge on any atom is -0.321 e. The molecule has 0 aliphatic heterocycles. The van der Waals surface area contributed by atoms with Crippen molar-refractivity contribution in [2.75, 3.05) is 0 Å². The fourth-order valence-electron chi connectivity index (χ4n) is 2.54. The maximum atomic E-state index is 12.0. The maximum absolute atomic E-state index is 12.0. The van der Waals surface area contributed by atoms with Gasteiger partial charge in [0.15, 0.2) is 9.84 Å². The van der Waals surface area contributed by atoms with Gasteiger partial charge in [0, 0.05) is 5.54 Å². The molecule has 100 valence electrons. The van der Waals surface area contributed by atoms with Gasteiger partial charge in [0.25, 0.3) is 0 Å². The molecule has 0 heterocycles. The molecule has 1 aliphatic rings. The highest BCUT2D eigenvalue weighted by molar-refractivity contribution is 7.92. The van der Waals surface area contributed by atoms with Gasteiger partial charge in [-0.3, -0.25) is 0 Å². The summed E-state index contributed by atoms with van der Waals surface area (Å²) in [6.45, 7) is 3.40. The van der Waals surface area contributed by atoms with Crippen molar-refractivity contribution < 1.29 is 8.42 Å². The molecule has 0 aromatic heterocycles. The normalized spacial score (nSPS) is 19.3. The van der Waals surface area contributed by atoms with E-state index in [1.807, 2.05) is 12.1 Å². The number of nitrogens with two attached hydrogens (primary N) is 1. The van der Waals surface area contributed by atoms with Crippen LogP contribution in [0.15, 0.2) is 29.2 Å². The van der Waals surface area contributed by atoms with E-state index < -0.39 is 9.84 Å². The summed E-state index contributed by atoms with van der Waals surface area (Å²) in [4.78, 5) is 0.392. The van der Waals surface area contributed by atoms with Gasteiger partial charge in [0.05, 0.1) is 10.1 Å². The van der Waals surface area contributed by atoms with E-state index in [2.05, 4.69) is 0 Å². The number of rotatable bonds is 3. The summed E-state index contributed by atoms with van der Waals surface area (Å²) < 4.78 is 24.0. The van der Waals surface area contributed by atoms with Crippen LogP contribution in [0.3, 0.4) is 0 Å². The minimum atomic E-state index is -3.18. The third kappa shape index (κ3) is 2.31. The van der Waals surface area contributed by atoms with E-state index in [-0.39, 0.29) is 10.8 Å². The maximum Gasteiger partial charge on any atom is 0.180 e. The Morgan fingerprint density at radius 1 is 1.11 bits per heavy atom. The Hall–Kier alpha value is -0.870. The van der Waals surface area contributed by atoms with Crippen LogP contribution >= 0.6 is 0 Å². The molecule has 2 rings (SSSR count). The first-order chi connectivity index (χ1) is 8.36. The average molecular weight is 267 g/mol. The van der Waals surface area contributed by atoms with Crippen molar-refractivity contribution >= 4 is 9.84 Å². The summed E-state index contributed by atoms with van der Waals surface area (Å²) in [6.07, 6.45) is 4.29. The van der Waals surface area contributed by atoms with E-state index in [4.69, 9.17) is 5.73 Å². The smallest absolute Gasteiger partial charge is 0.180 e. The Morgan fingerprint density at radius 3 is 2.06 bits per heavy atom. The molecule has 2 N–H and O–H groups in total. The molecule has 1 fully saturated rings. The fraction of sp³-hybridized carbons (Fsp3) is 0.571. The standard InChI is InChI=1S/C14H21NO2S/c1-11(2)18(16,17)13-7-5-12(6-8-13)14(15)9-3-4-10-14/h5-8,11H,3-4,9-10,15H2,1-2H3. The van der Waals surface area contributed by atoms with E-state index in [1.54, 1.807) is 26.0 Å². The predicted octanol–water partition coefficient (Wildman–Crippen LogP) is 2.60. The first-order valence-corrected chi connectivity index (χ1v) is 8.04. The summed E-state index contributed by atoms with van der Waals surface area (Å²) >= 11 is 0. The largest absolute Gasteiger partial charge is 0.321 e. The highest BCUT2D eigenvalue weighted by Gasteiger charge is 2.31. The highest BCUT2D eigenvalue weighted by Crippen LogP contribution is 2.36. The lowest BCUT2D eigenvalue weighted by Gasteiger charge is -2.24. The number of sulfone groups is 1. The molecule has 4 heteroatoms. The molecule has 1 saturated carbocycles. The van der Waals surface area contributed by atoms with Crippen LogP contribution in [-0.2, 0) is 15.4 Å². The molecule has 0 saturated heterocycles. The van der Waals surface area contributed by atoms with Gasteiger partial charge in [-0.2, -0.15) is 0 Å². The van der Waals surface area contributed by atoms with Gasteiger partial charge in [0.2, 0.25) is 0 Å². The van der Waals surface area contributed by atoms with Crippen molar-refractivity contribution in [1.82, 2.24) is 0 Å². The third-order valence-corrected chi connectivity index (χ3v) is 6.04. The summed E-state index contributed by atoms with van der Waals surface area (Å²) in [6, 6.07) is 7.14. The van der Waals surface area contributed by atoms with Crippen molar-refractivity contribution in [2.24, 2.45) is 5.73 Å². The lowest BCUT2D eigenvalue weighted by Crippen LogP contribution is -2.33. The van der Waals surface area contributed by atoms with Crippen molar-refractivity contribution in [3.8, 4) is 0 Å². The molecule has 18 heavy (non-hydrogen) atoms. The van der Waals surface area contributed by atoms with E-state index >= 15 is 0 Å². The van der Waals surface area contributed by atoms with Crippen LogP contribution in [0.4, 0.5) is 0 Å². The SMILES string of the molecule is CC(C)S(=O)(=O)c1ccc(C2(N)CCCC2)cc1. The molecule has 0 radical (unpaired) electrons. The number of hydrogen-bond acceptors (Lipinski definition) is 3. The summed E-state index contributed by atoms with van der Waals surface area (Å²) in [5.74, 6) is 0. The lowest BCUT2D eigenvalue weighted by molar-refractivity contribution is 0.461. The van der Waals surface area contributed by atoms with Crippen molar-refractivity contribution in [3.63, 3.8) is 0 Å². The Labute approximate surface area is 109 Å². The van der Waals surface area contributed by atoms with Crippen molar-refractivity contribution in [1.29, 1.82) is 0 Å². The van der Waals surface area contributed by atoms with Crippen LogP contribution in [0, 0.1) is 0 Å². The zero-order valence-electron chi connectivity index (χ0n) is 11.0. The average Bonchev–Trinajstić information content (AvgIpc) is 2.77. The lowest BCUT2D eigenvalue weighted by atomic mass is 9.90. The Bertz CT molecular complexity index is 511. The van der Waals surface area contributed by atoms with Crippen LogP contribution in [0.2, 0.25) is 0 Å². The molecular weight excluding hydrogens is 246 g/mol. The summed E-state index contributed by atoms with van der Waals surface area (Å²) in [7, 11) is -3.18. The second-order valence-corrected chi connectivity index (χ2v) is 7.99. The number of hydrogen-bond donors (Lipinski definition) is 1. The van der Waals surface area contributed by atoms with Gasteiger partial charge in [0.1, 0.15) is 0 Å². The second kappa shape index (κ2) is 4.67. The summed E-state index contributed by atoms with van der Waals surface area (Å²) in [5.41, 5.74) is 7.16. The van der Waals surface area contributed by atoms with Crippen molar-refractivity contribution in [2.45, 2.75) is 55.2 Å². The highest BCUT2D eigenvalue weighted by atomic mass is 32.2. The zero-order chi connectivity index (χ0) is 13.4. The minimum absolute atomic E-state index is 0.250. The van der Waals surface area contributed by atoms with E-state index in [0.717, 1.165) is 31.2 Å². The topological polar surface area (TPSA) is 60.2 Å². The second-order valence-electron chi connectivity index (χ2n) is 5.48. The molecule has 1 aliphatic carbocycles. The molecular formula is C14H21NO2S. The Morgan fingerprint density at radius 2 is 1.61 bits per heavy atom. The first-order valence-electron chi connectivity index (χ1n) is 6.50. The van der Waals surface area contributed by atoms with Crippen LogP contribution in [0.5, 0.6) is 0 Å². The van der Waals surface area contributed by atoms with Gasteiger partial charge in [-0.05, 0) is 44.4 Å². The Balaban J connectivity index is 2.31. The van der Waals surface area contributed by atoms with Crippen molar-refractivity contribution in [3.05, 3.63) is 29.8 Å². The van der Waals surface area contributed by atoms with E-state index in [0.29, 0.717) is 4.90 Å². The molecule has 3 nitrogen and oxygen atoms in total. The third-order valence-electron chi connectivity index (χ3n) is 3.87. The van der Waals surface area contributed by atoms with Gasteiger partial charge >= 0.3 is 0 Å². The molecule has 0 amide bonds. The van der Waals surface area contributed by atoms with Crippen LogP contribution < -0.4 is 5.73 Å². The monoisotopic (exact) mass is 267 g/mol. The van der Waals surface area contributed by atoms with E-state index in [9.17, 15) is 8.42 Å². The molecule has 1 aromatic rings. The van der Waals surface area contributed by atoms with Gasteiger partial charge in [-0.15, -0.1) is 0 Å². The van der Waals surface area contributed by atoms with Crippen LogP contribution in [-0.4, -0.2) is 13.7 Å². The zero-order valence-corrected chi connectivity index (χ0v) is 11.8. The fourth-order valence-corrected chi connectivity index (χ4v) is 3.60. The quantitative estimate of drug-likeness (QED) is 0.915. The molecule has 0 atom stereocenters. The number of benzene rings is 1. The molecule has 1 aromatic carbocycles. The van der Waals surface area contributed by atoms with Crippen LogP contribution in [0.25, 0.3) is 0 Å². The molecule has 0 spiro atoms. The van der Waals surface area contributed by atoms with E-state index in [1.165, 1.54) is 0 Å². The van der Waals surface area contributed by atoms with Gasteiger partial charge in [-0.25, -0.2) is 8.42 Å². The summed E-state index contributed by atoms with van der Waals surface area (Å²) in [5, 5.41) is -0.387. The Kier molecular flexibility index (Phi) is 3.52. The van der Waals surface area contributed by atoms with Gasteiger partial charge in [-0.1, -0.05) is 25.0 Å². The van der Waals surface area contributed by atoms with Crippen LogP contribution in [0.1, 0.15) is 45.1 Å². The first kappa shape index (κ1) is 13.6. The van der Waals surface area contributed by atoms with Gasteiger partial charge < -0.3 is 5.73 Å². The molecule has 0 unspecified atom stereocenters.